The predicted molar refractivity (Wildman–Crippen MR) is 91.4 cm³/mol. The van der Waals surface area contributed by atoms with Gasteiger partial charge in [-0.15, -0.1) is 0 Å². The van der Waals surface area contributed by atoms with Crippen molar-refractivity contribution < 1.29 is 14.3 Å². The van der Waals surface area contributed by atoms with Crippen LogP contribution in [0.2, 0.25) is 5.02 Å². The summed E-state index contributed by atoms with van der Waals surface area (Å²) in [5, 5.41) is 0.628. The van der Waals surface area contributed by atoms with Gasteiger partial charge in [0, 0.05) is 22.3 Å². The number of nitrogens with one attached hydrogen (secondary N) is 1. The van der Waals surface area contributed by atoms with Crippen LogP contribution in [0.1, 0.15) is 46.4 Å². The van der Waals surface area contributed by atoms with Crippen LogP contribution in [-0.4, -0.2) is 40.8 Å². The summed E-state index contributed by atoms with van der Waals surface area (Å²) in [4.78, 5) is 28.9. The van der Waals surface area contributed by atoms with Gasteiger partial charge in [0.05, 0.1) is 19.2 Å². The average Bonchev–Trinajstić information content (AvgIpc) is 3.06. The number of halogens is 1. The molecule has 0 radical (unpaired) electrons. The van der Waals surface area contributed by atoms with Gasteiger partial charge < -0.3 is 14.6 Å². The zero-order valence-electron chi connectivity index (χ0n) is 13.6. The maximum absolute atomic E-state index is 12.8. The SMILES string of the molecule is CC(=O)c1c[nH]c(C(=O)N2CC(c3ccccc3Cl)OCC2C)c1. The minimum atomic E-state index is -0.263. The summed E-state index contributed by atoms with van der Waals surface area (Å²) in [6.45, 7) is 4.26. The van der Waals surface area contributed by atoms with E-state index in [1.54, 1.807) is 17.2 Å². The Hall–Kier alpha value is -2.11. The Morgan fingerprint density at radius 2 is 2.08 bits per heavy atom. The van der Waals surface area contributed by atoms with Gasteiger partial charge in [0.2, 0.25) is 0 Å². The molecule has 1 fully saturated rings. The Morgan fingerprint density at radius 3 is 2.75 bits per heavy atom. The second-order valence-electron chi connectivity index (χ2n) is 6.01. The van der Waals surface area contributed by atoms with E-state index in [4.69, 9.17) is 16.3 Å². The van der Waals surface area contributed by atoms with Gasteiger partial charge in [-0.25, -0.2) is 0 Å². The van der Waals surface area contributed by atoms with Crippen molar-refractivity contribution in [3.63, 3.8) is 0 Å². The van der Waals surface area contributed by atoms with Gasteiger partial charge in [-0.2, -0.15) is 0 Å². The van der Waals surface area contributed by atoms with E-state index in [-0.39, 0.29) is 23.8 Å². The first-order chi connectivity index (χ1) is 11.5. The lowest BCUT2D eigenvalue weighted by atomic mass is 10.1. The first kappa shape index (κ1) is 16.7. The molecule has 3 rings (SSSR count). The molecule has 126 valence electrons. The summed E-state index contributed by atoms with van der Waals surface area (Å²) in [5.41, 5.74) is 1.79. The molecule has 1 aromatic heterocycles. The standard InChI is InChI=1S/C18H19ClN2O3/c1-11-10-24-17(14-5-3-4-6-15(14)19)9-21(11)18(23)16-7-13(8-20-16)12(2)22/h3-8,11,17,20H,9-10H2,1-2H3. The number of hydrogen-bond donors (Lipinski definition) is 1. The highest BCUT2D eigenvalue weighted by molar-refractivity contribution is 6.31. The van der Waals surface area contributed by atoms with E-state index in [2.05, 4.69) is 4.98 Å². The lowest BCUT2D eigenvalue weighted by Crippen LogP contribution is -2.48. The van der Waals surface area contributed by atoms with E-state index < -0.39 is 0 Å². The van der Waals surface area contributed by atoms with Crippen molar-refractivity contribution >= 4 is 23.3 Å². The van der Waals surface area contributed by atoms with Crippen LogP contribution >= 0.6 is 11.6 Å². The van der Waals surface area contributed by atoms with Crippen molar-refractivity contribution in [3.05, 3.63) is 58.4 Å². The van der Waals surface area contributed by atoms with Crippen LogP contribution in [0.5, 0.6) is 0 Å². The molecule has 1 N–H and O–H groups in total. The van der Waals surface area contributed by atoms with Gasteiger partial charge in [0.25, 0.3) is 5.91 Å². The van der Waals surface area contributed by atoms with Gasteiger partial charge in [-0.1, -0.05) is 29.8 Å². The van der Waals surface area contributed by atoms with E-state index in [1.807, 2.05) is 31.2 Å². The molecular weight excluding hydrogens is 328 g/mol. The molecule has 0 saturated carbocycles. The van der Waals surface area contributed by atoms with Crippen LogP contribution in [0.4, 0.5) is 0 Å². The van der Waals surface area contributed by atoms with Crippen molar-refractivity contribution in [2.45, 2.75) is 26.0 Å². The highest BCUT2D eigenvalue weighted by Gasteiger charge is 2.32. The molecule has 5 nitrogen and oxygen atoms in total. The third-order valence-corrected chi connectivity index (χ3v) is 4.61. The lowest BCUT2D eigenvalue weighted by Gasteiger charge is -2.38. The number of amides is 1. The summed E-state index contributed by atoms with van der Waals surface area (Å²) in [7, 11) is 0. The minimum Gasteiger partial charge on any atom is -0.369 e. The number of Topliss-reactive ketones (excluding diaryl/α,β-unsaturated/α-hetero) is 1. The number of aromatic amines is 1. The number of H-pyrrole nitrogens is 1. The van der Waals surface area contributed by atoms with E-state index in [9.17, 15) is 9.59 Å². The number of ketones is 1. The Bertz CT molecular complexity index is 771. The van der Waals surface area contributed by atoms with E-state index in [0.717, 1.165) is 5.56 Å². The fraction of sp³-hybridized carbons (Fsp3) is 0.333. The maximum Gasteiger partial charge on any atom is 0.270 e. The first-order valence-corrected chi connectivity index (χ1v) is 8.21. The largest absolute Gasteiger partial charge is 0.369 e. The summed E-state index contributed by atoms with van der Waals surface area (Å²) in [6, 6.07) is 9.03. The van der Waals surface area contributed by atoms with Gasteiger partial charge in [0.15, 0.2) is 5.78 Å². The smallest absolute Gasteiger partial charge is 0.270 e. The molecule has 24 heavy (non-hydrogen) atoms. The Morgan fingerprint density at radius 1 is 1.33 bits per heavy atom. The Labute approximate surface area is 145 Å². The number of nitrogens with zero attached hydrogens (tertiary/aromatic N) is 1. The van der Waals surface area contributed by atoms with Crippen LogP contribution in [0.15, 0.2) is 36.5 Å². The number of morpholine rings is 1. The number of hydrogen-bond acceptors (Lipinski definition) is 3. The fourth-order valence-corrected chi connectivity index (χ4v) is 3.10. The van der Waals surface area contributed by atoms with Crippen molar-refractivity contribution in [3.8, 4) is 0 Å². The first-order valence-electron chi connectivity index (χ1n) is 7.83. The summed E-state index contributed by atoms with van der Waals surface area (Å²) in [5.74, 6) is -0.218. The van der Waals surface area contributed by atoms with E-state index in [1.165, 1.54) is 6.92 Å². The molecular formula is C18H19ClN2O3. The van der Waals surface area contributed by atoms with Crippen molar-refractivity contribution in [2.24, 2.45) is 0 Å². The molecule has 1 aliphatic heterocycles. The highest BCUT2D eigenvalue weighted by Crippen LogP contribution is 2.30. The molecule has 6 heteroatoms. The van der Waals surface area contributed by atoms with Crippen molar-refractivity contribution in [1.29, 1.82) is 0 Å². The molecule has 2 unspecified atom stereocenters. The second-order valence-corrected chi connectivity index (χ2v) is 6.42. The van der Waals surface area contributed by atoms with Gasteiger partial charge >= 0.3 is 0 Å². The number of aromatic nitrogens is 1. The van der Waals surface area contributed by atoms with Crippen molar-refractivity contribution in [1.82, 2.24) is 9.88 Å². The maximum atomic E-state index is 12.8. The van der Waals surface area contributed by atoms with Crippen LogP contribution in [-0.2, 0) is 4.74 Å². The zero-order chi connectivity index (χ0) is 17.3. The number of ether oxygens (including phenoxy) is 1. The minimum absolute atomic E-state index is 0.0553. The molecule has 2 aromatic rings. The second kappa shape index (κ2) is 6.79. The number of carbonyl (C=O) groups is 2. The van der Waals surface area contributed by atoms with Crippen LogP contribution in [0.3, 0.4) is 0 Å². The Kier molecular flexibility index (Phi) is 4.73. The molecule has 2 heterocycles. The van der Waals surface area contributed by atoms with Crippen LogP contribution < -0.4 is 0 Å². The zero-order valence-corrected chi connectivity index (χ0v) is 14.3. The molecule has 0 aliphatic carbocycles. The fourth-order valence-electron chi connectivity index (χ4n) is 2.84. The molecule has 1 aromatic carbocycles. The third kappa shape index (κ3) is 3.23. The number of rotatable bonds is 3. The summed E-state index contributed by atoms with van der Waals surface area (Å²) >= 11 is 6.25. The molecule has 0 bridgehead atoms. The molecule has 1 saturated heterocycles. The number of benzene rings is 1. The van der Waals surface area contributed by atoms with Crippen LogP contribution in [0, 0.1) is 0 Å². The van der Waals surface area contributed by atoms with Crippen LogP contribution in [0.25, 0.3) is 0 Å². The monoisotopic (exact) mass is 346 g/mol. The highest BCUT2D eigenvalue weighted by atomic mass is 35.5. The third-order valence-electron chi connectivity index (χ3n) is 4.27. The van der Waals surface area contributed by atoms with Crippen molar-refractivity contribution in [2.75, 3.05) is 13.2 Å². The molecule has 1 aliphatic rings. The van der Waals surface area contributed by atoms with Gasteiger partial charge in [-0.3, -0.25) is 9.59 Å². The summed E-state index contributed by atoms with van der Waals surface area (Å²) in [6.07, 6.45) is 1.30. The van der Waals surface area contributed by atoms with E-state index in [0.29, 0.717) is 29.4 Å². The van der Waals surface area contributed by atoms with E-state index >= 15 is 0 Å². The number of carbonyl (C=O) groups excluding carboxylic acids is 2. The normalized spacial score (nSPS) is 20.9. The molecule has 1 amide bonds. The Balaban J connectivity index is 1.82. The van der Waals surface area contributed by atoms with Gasteiger partial charge in [0.1, 0.15) is 11.8 Å². The summed E-state index contributed by atoms with van der Waals surface area (Å²) < 4.78 is 5.87. The molecule has 2 atom stereocenters. The van der Waals surface area contributed by atoms with Gasteiger partial charge in [-0.05, 0) is 26.0 Å². The average molecular weight is 347 g/mol. The lowest BCUT2D eigenvalue weighted by molar-refractivity contribution is -0.0487. The molecule has 0 spiro atoms. The topological polar surface area (TPSA) is 62.4 Å². The predicted octanol–water partition coefficient (Wildman–Crippen LogP) is 3.47. The quantitative estimate of drug-likeness (QED) is 0.865.